The van der Waals surface area contributed by atoms with E-state index in [4.69, 9.17) is 0 Å². The van der Waals surface area contributed by atoms with Crippen molar-refractivity contribution in [1.29, 1.82) is 0 Å². The highest BCUT2D eigenvalue weighted by Crippen LogP contribution is 2.45. The average molecular weight is 315 g/mol. The minimum absolute atomic E-state index is 0.376. The minimum atomic E-state index is 0.376. The molecule has 1 aromatic carbocycles. The molecule has 23 heavy (non-hydrogen) atoms. The van der Waals surface area contributed by atoms with Crippen molar-refractivity contribution < 1.29 is 5.11 Å². The smallest absolute Gasteiger partial charge is 0.119 e. The van der Waals surface area contributed by atoms with E-state index >= 15 is 0 Å². The Kier molecular flexibility index (Phi) is 6.33. The maximum atomic E-state index is 10.7. The van der Waals surface area contributed by atoms with E-state index in [0.717, 1.165) is 6.42 Å². The lowest BCUT2D eigenvalue weighted by atomic mass is 9.70. The van der Waals surface area contributed by atoms with E-state index in [-0.39, 0.29) is 0 Å². The number of allylic oxidation sites excluding steroid dienone is 2. The Balaban J connectivity index is 2.44. The van der Waals surface area contributed by atoms with Crippen LogP contribution in [0.4, 0.5) is 0 Å². The van der Waals surface area contributed by atoms with Crippen molar-refractivity contribution in [3.05, 3.63) is 40.5 Å². The first-order valence-electron chi connectivity index (χ1n) is 9.43. The van der Waals surface area contributed by atoms with Gasteiger partial charge >= 0.3 is 0 Å². The molecule has 0 radical (unpaired) electrons. The third-order valence-corrected chi connectivity index (χ3v) is 5.42. The van der Waals surface area contributed by atoms with Gasteiger partial charge in [0.15, 0.2) is 0 Å². The van der Waals surface area contributed by atoms with Gasteiger partial charge in [0.2, 0.25) is 0 Å². The fourth-order valence-corrected chi connectivity index (χ4v) is 4.14. The molecule has 1 aliphatic carbocycles. The largest absolute Gasteiger partial charge is 0.508 e. The van der Waals surface area contributed by atoms with Crippen LogP contribution in [0.2, 0.25) is 0 Å². The lowest BCUT2D eigenvalue weighted by Gasteiger charge is -2.34. The maximum absolute atomic E-state index is 10.7. The molecule has 0 aromatic heterocycles. The Hall–Kier alpha value is -1.24. The van der Waals surface area contributed by atoms with Gasteiger partial charge in [-0.2, -0.15) is 0 Å². The van der Waals surface area contributed by atoms with E-state index in [9.17, 15) is 5.11 Å². The second-order valence-corrected chi connectivity index (χ2v) is 7.80. The van der Waals surface area contributed by atoms with Gasteiger partial charge in [0.25, 0.3) is 0 Å². The average Bonchev–Trinajstić information content (AvgIpc) is 2.46. The van der Waals surface area contributed by atoms with Crippen LogP contribution >= 0.6 is 0 Å². The second-order valence-electron chi connectivity index (χ2n) is 7.80. The van der Waals surface area contributed by atoms with Gasteiger partial charge in [0, 0.05) is 11.5 Å². The molecule has 2 rings (SSSR count). The van der Waals surface area contributed by atoms with Crippen LogP contribution in [-0.4, -0.2) is 5.11 Å². The summed E-state index contributed by atoms with van der Waals surface area (Å²) in [6.07, 6.45) is 9.69. The summed E-state index contributed by atoms with van der Waals surface area (Å²) in [4.78, 5) is 0. The Morgan fingerprint density at radius 2 is 1.91 bits per heavy atom. The van der Waals surface area contributed by atoms with E-state index in [1.807, 2.05) is 6.07 Å². The van der Waals surface area contributed by atoms with E-state index < -0.39 is 0 Å². The van der Waals surface area contributed by atoms with E-state index in [1.54, 1.807) is 0 Å². The summed E-state index contributed by atoms with van der Waals surface area (Å²) < 4.78 is 0. The first-order chi connectivity index (χ1) is 10.9. The van der Waals surface area contributed by atoms with E-state index in [2.05, 4.69) is 46.8 Å². The predicted molar refractivity (Wildman–Crippen MR) is 100 cm³/mol. The molecule has 0 saturated carbocycles. The number of unbranched alkanes of at least 4 members (excludes halogenated alkanes) is 2. The quantitative estimate of drug-likeness (QED) is 0.467. The summed E-state index contributed by atoms with van der Waals surface area (Å²) in [6.45, 7) is 11.2. The van der Waals surface area contributed by atoms with Crippen LogP contribution in [0.1, 0.15) is 82.4 Å². The summed E-state index contributed by atoms with van der Waals surface area (Å²) in [6, 6.07) is 4.26. The highest BCUT2D eigenvalue weighted by Gasteiger charge is 2.30. The van der Waals surface area contributed by atoms with Crippen molar-refractivity contribution in [2.75, 3.05) is 0 Å². The zero-order chi connectivity index (χ0) is 17.0. The molecule has 0 fully saturated rings. The lowest BCUT2D eigenvalue weighted by Crippen LogP contribution is -2.22. The number of hydrogen-bond acceptors (Lipinski definition) is 1. The Morgan fingerprint density at radius 3 is 2.57 bits per heavy atom. The molecular formula is C22H34O. The van der Waals surface area contributed by atoms with Gasteiger partial charge in [-0.25, -0.2) is 0 Å². The van der Waals surface area contributed by atoms with Crippen LogP contribution in [0.3, 0.4) is 0 Å². The minimum Gasteiger partial charge on any atom is -0.508 e. The molecule has 1 unspecified atom stereocenters. The normalized spacial score (nSPS) is 21.6. The third kappa shape index (κ3) is 4.40. The van der Waals surface area contributed by atoms with Gasteiger partial charge in [-0.1, -0.05) is 51.3 Å². The number of benzene rings is 1. The highest BCUT2D eigenvalue weighted by molar-refractivity contribution is 5.48. The van der Waals surface area contributed by atoms with Crippen LogP contribution in [0.5, 0.6) is 5.75 Å². The molecule has 0 spiro atoms. The highest BCUT2D eigenvalue weighted by atomic mass is 16.3. The molecule has 1 aromatic rings. The third-order valence-electron chi connectivity index (χ3n) is 5.42. The van der Waals surface area contributed by atoms with Gasteiger partial charge in [0.1, 0.15) is 5.75 Å². The van der Waals surface area contributed by atoms with E-state index in [1.165, 1.54) is 54.4 Å². The fraction of sp³-hybridized carbons (Fsp3) is 0.636. The van der Waals surface area contributed by atoms with Crippen molar-refractivity contribution in [3.63, 3.8) is 0 Å². The summed E-state index contributed by atoms with van der Waals surface area (Å²) in [5.74, 6) is 2.17. The summed E-state index contributed by atoms with van der Waals surface area (Å²) in [5, 5.41) is 10.7. The summed E-state index contributed by atoms with van der Waals surface area (Å²) >= 11 is 0. The van der Waals surface area contributed by atoms with Gasteiger partial charge in [-0.3, -0.25) is 0 Å². The number of phenols is 1. The summed E-state index contributed by atoms with van der Waals surface area (Å²) in [7, 11) is 0. The van der Waals surface area contributed by atoms with Crippen molar-refractivity contribution >= 4 is 0 Å². The molecule has 0 amide bonds. The van der Waals surface area contributed by atoms with Crippen molar-refractivity contribution in [3.8, 4) is 5.75 Å². The Morgan fingerprint density at radius 1 is 1.17 bits per heavy atom. The molecule has 1 N–H and O–H groups in total. The van der Waals surface area contributed by atoms with Gasteiger partial charge < -0.3 is 5.11 Å². The number of rotatable bonds is 6. The fourth-order valence-electron chi connectivity index (χ4n) is 4.14. The topological polar surface area (TPSA) is 20.2 Å². The standard InChI is InChI=1S/C22H34O/c1-6-7-8-9-18-12-17(5)14-21(23)22(18)20-13-16(4)10-11-19(20)15(2)3/h12-15,19-20,23H,6-11H2,1-5H3/t19?,20-/m1/s1. The van der Waals surface area contributed by atoms with Crippen molar-refractivity contribution in [1.82, 2.24) is 0 Å². The predicted octanol–water partition coefficient (Wildman–Crippen LogP) is 6.53. The van der Waals surface area contributed by atoms with Gasteiger partial charge in [-0.15, -0.1) is 0 Å². The van der Waals surface area contributed by atoms with Crippen LogP contribution < -0.4 is 0 Å². The van der Waals surface area contributed by atoms with Crippen LogP contribution in [0, 0.1) is 18.8 Å². The molecule has 0 saturated heterocycles. The SMILES string of the molecule is CCCCCc1cc(C)cc(O)c1[C@@H]1C=C(C)CCC1C(C)C. The van der Waals surface area contributed by atoms with Gasteiger partial charge in [0.05, 0.1) is 0 Å². The number of aromatic hydroxyl groups is 1. The number of phenolic OH excluding ortho intramolecular Hbond substituents is 1. The molecule has 1 heteroatoms. The molecule has 2 atom stereocenters. The molecule has 1 aliphatic rings. The lowest BCUT2D eigenvalue weighted by molar-refractivity contribution is 0.309. The summed E-state index contributed by atoms with van der Waals surface area (Å²) in [5.41, 5.74) is 5.24. The second kappa shape index (κ2) is 8.04. The van der Waals surface area contributed by atoms with Crippen LogP contribution in [0.25, 0.3) is 0 Å². The Labute approximate surface area is 142 Å². The van der Waals surface area contributed by atoms with Crippen molar-refractivity contribution in [2.24, 2.45) is 11.8 Å². The number of aryl methyl sites for hydroxylation is 2. The van der Waals surface area contributed by atoms with Crippen LogP contribution in [0.15, 0.2) is 23.8 Å². The van der Waals surface area contributed by atoms with E-state index in [0.29, 0.717) is 23.5 Å². The monoisotopic (exact) mass is 314 g/mol. The molecule has 1 nitrogen and oxygen atoms in total. The molecule has 128 valence electrons. The molecule has 0 bridgehead atoms. The number of hydrogen-bond donors (Lipinski definition) is 1. The first kappa shape index (κ1) is 18.1. The van der Waals surface area contributed by atoms with Gasteiger partial charge in [-0.05, 0) is 68.6 Å². The van der Waals surface area contributed by atoms with Crippen LogP contribution in [-0.2, 0) is 6.42 Å². The molecule has 0 aliphatic heterocycles. The maximum Gasteiger partial charge on any atom is 0.119 e. The zero-order valence-corrected chi connectivity index (χ0v) is 15.7. The zero-order valence-electron chi connectivity index (χ0n) is 15.7. The Bertz CT molecular complexity index is 553. The first-order valence-corrected chi connectivity index (χ1v) is 9.43. The molecular weight excluding hydrogens is 280 g/mol. The van der Waals surface area contributed by atoms with Crippen molar-refractivity contribution in [2.45, 2.75) is 79.1 Å². The molecule has 0 heterocycles.